The molecule has 4 aromatic rings. The number of carbonyl (C=O) groups excluding carboxylic acids is 2. The molecule has 5 aliphatic rings. The fraction of sp³-hybridized carbons (Fsp3) is 0.317. The van der Waals surface area contributed by atoms with Crippen molar-refractivity contribution in [1.82, 2.24) is 14.9 Å². The first-order valence-corrected chi connectivity index (χ1v) is 19.8. The lowest BCUT2D eigenvalue weighted by molar-refractivity contribution is -0.137. The van der Waals surface area contributed by atoms with Crippen LogP contribution in [0.1, 0.15) is 66.0 Å². The molecule has 0 aromatic heterocycles. The molecule has 0 bridgehead atoms. The summed E-state index contributed by atoms with van der Waals surface area (Å²) in [6, 6.07) is 21.8. The van der Waals surface area contributed by atoms with Gasteiger partial charge in [-0.25, -0.2) is 27.6 Å². The molecule has 1 saturated carbocycles. The van der Waals surface area contributed by atoms with Crippen LogP contribution in [-0.4, -0.2) is 56.5 Å². The van der Waals surface area contributed by atoms with Gasteiger partial charge in [-0.1, -0.05) is 72.1 Å². The number of nitrogens with zero attached hydrogens (tertiary/aromatic N) is 5. The van der Waals surface area contributed by atoms with Gasteiger partial charge in [-0.3, -0.25) is 14.5 Å². The molecule has 0 radical (unpaired) electrons. The third-order valence-corrected chi connectivity index (χ3v) is 13.4. The smallest absolute Gasteiger partial charge is 0.261 e. The van der Waals surface area contributed by atoms with Crippen molar-refractivity contribution in [3.63, 3.8) is 0 Å². The SMILES string of the molecule is CC(=O)N1N=C(c2cc(F)ccc2F)SC12CN(C)Cc1ccccc12.N[C@H](C(=O)N1N=C(c2cc(F)ccc2F)SC12CCCc1ccccc12)C1CC1. The van der Waals surface area contributed by atoms with Crippen LogP contribution < -0.4 is 5.73 Å². The second-order valence-electron chi connectivity index (χ2n) is 14.5. The number of hydrogen-bond donors (Lipinski definition) is 1. The highest BCUT2D eigenvalue weighted by Gasteiger charge is 2.54. The van der Waals surface area contributed by atoms with E-state index < -0.39 is 39.1 Å². The van der Waals surface area contributed by atoms with E-state index in [1.807, 2.05) is 49.5 Å². The van der Waals surface area contributed by atoms with Crippen molar-refractivity contribution in [2.75, 3.05) is 13.6 Å². The number of rotatable bonds is 4. The van der Waals surface area contributed by atoms with Crippen molar-refractivity contribution in [3.8, 4) is 0 Å². The Hall–Kier alpha value is -4.50. The van der Waals surface area contributed by atoms with Gasteiger partial charge >= 0.3 is 0 Å². The molecule has 1 fully saturated rings. The number of fused-ring (bicyclic) bond motifs is 4. The molecule has 14 heteroatoms. The van der Waals surface area contributed by atoms with Crippen LogP contribution in [0.3, 0.4) is 0 Å². The Morgan fingerprint density at radius 3 is 1.93 bits per heavy atom. The highest BCUT2D eigenvalue weighted by atomic mass is 32.2. The van der Waals surface area contributed by atoms with E-state index in [-0.39, 0.29) is 28.9 Å². The van der Waals surface area contributed by atoms with E-state index in [9.17, 15) is 27.2 Å². The highest BCUT2D eigenvalue weighted by Crippen LogP contribution is 2.55. The third kappa shape index (κ3) is 6.76. The van der Waals surface area contributed by atoms with Gasteiger partial charge in [-0.05, 0) is 104 Å². The minimum absolute atomic E-state index is 0.0730. The first-order valence-electron chi connectivity index (χ1n) is 18.1. The first-order chi connectivity index (χ1) is 26.4. The monoisotopic (exact) mass is 786 g/mol. The maximum Gasteiger partial charge on any atom is 0.261 e. The molecule has 3 aliphatic heterocycles. The van der Waals surface area contributed by atoms with Gasteiger partial charge in [0, 0.05) is 31.1 Å². The maximum atomic E-state index is 14.5. The van der Waals surface area contributed by atoms with E-state index in [1.54, 1.807) is 0 Å². The molecule has 9 rings (SSSR count). The van der Waals surface area contributed by atoms with Gasteiger partial charge in [0.05, 0.1) is 6.04 Å². The molecule has 2 spiro atoms. The van der Waals surface area contributed by atoms with Gasteiger partial charge in [0.1, 0.15) is 38.2 Å². The molecule has 3 atom stereocenters. The second kappa shape index (κ2) is 14.5. The van der Waals surface area contributed by atoms with E-state index in [2.05, 4.69) is 21.2 Å². The van der Waals surface area contributed by atoms with Crippen molar-refractivity contribution in [2.45, 2.75) is 61.4 Å². The Morgan fingerprint density at radius 2 is 1.33 bits per heavy atom. The molecular weight excluding hydrogens is 749 g/mol. The number of hydrogen-bond acceptors (Lipinski definition) is 8. The average Bonchev–Trinajstić information content (AvgIpc) is 3.86. The Labute approximate surface area is 324 Å². The van der Waals surface area contributed by atoms with Crippen molar-refractivity contribution >= 4 is 45.4 Å². The molecule has 2 N–H and O–H groups in total. The summed E-state index contributed by atoms with van der Waals surface area (Å²) in [7, 11) is 1.97. The van der Waals surface area contributed by atoms with Crippen LogP contribution in [0.2, 0.25) is 0 Å². The van der Waals surface area contributed by atoms with Crippen molar-refractivity contribution in [3.05, 3.63) is 142 Å². The summed E-state index contributed by atoms with van der Waals surface area (Å²) in [6.07, 6.45) is 4.35. The van der Waals surface area contributed by atoms with Gasteiger partial charge < -0.3 is 5.73 Å². The number of likely N-dealkylation sites (N-methyl/N-ethyl adjacent to an activating group) is 1. The lowest BCUT2D eigenvalue weighted by Gasteiger charge is -2.43. The topological polar surface area (TPSA) is 94.6 Å². The minimum atomic E-state index is -0.788. The summed E-state index contributed by atoms with van der Waals surface area (Å²) in [5.41, 5.74) is 10.6. The summed E-state index contributed by atoms with van der Waals surface area (Å²) in [4.78, 5) is 26.3. The first kappa shape index (κ1) is 37.4. The van der Waals surface area contributed by atoms with Crippen LogP contribution >= 0.6 is 23.5 Å². The summed E-state index contributed by atoms with van der Waals surface area (Å²) in [5.74, 6) is -2.51. The average molecular weight is 787 g/mol. The molecular formula is C41H38F4N6O2S2. The van der Waals surface area contributed by atoms with Gasteiger partial charge in [0.15, 0.2) is 4.87 Å². The quantitative estimate of drug-likeness (QED) is 0.214. The fourth-order valence-corrected chi connectivity index (χ4v) is 10.9. The zero-order valence-corrected chi connectivity index (χ0v) is 31.8. The van der Waals surface area contributed by atoms with Crippen LogP contribution in [0.4, 0.5) is 17.6 Å². The minimum Gasteiger partial charge on any atom is -0.320 e. The van der Waals surface area contributed by atoms with Gasteiger partial charge in [0.2, 0.25) is 5.91 Å². The number of carbonyl (C=O) groups is 2. The number of nitrogens with two attached hydrogens (primary N) is 1. The molecule has 4 aromatic carbocycles. The normalized spacial score (nSPS) is 23.5. The van der Waals surface area contributed by atoms with Gasteiger partial charge in [-0.2, -0.15) is 10.2 Å². The number of halogens is 4. The third-order valence-electron chi connectivity index (χ3n) is 10.6. The Kier molecular flexibility index (Phi) is 9.89. The summed E-state index contributed by atoms with van der Waals surface area (Å²) in [5, 5.41) is 12.4. The summed E-state index contributed by atoms with van der Waals surface area (Å²) in [6.45, 7) is 2.74. The van der Waals surface area contributed by atoms with Crippen LogP contribution in [0.25, 0.3) is 0 Å². The largest absolute Gasteiger partial charge is 0.320 e. The standard InChI is InChI=1S/C22H21F2N3OS.C19H17F2N3OS/c23-15-9-10-18(24)16(12-15)20-26-27(21(28)19(25)14-7-8-14)22(29-20)11-3-5-13-4-1-2-6-17(13)22;1-12(25)24-19(11-23(2)10-13-5-3-4-6-16(13)19)26-18(22-24)15-9-14(20)7-8-17(15)21/h1-2,4,6,9-10,12,14,19H,3,5,7-8,11,25H2;3-9H,10-11H2,1-2H3/t19-,22?;/m0./s1. The van der Waals surface area contributed by atoms with Gasteiger partial charge in [-0.15, -0.1) is 0 Å². The number of hydrazone groups is 2. The van der Waals surface area contributed by atoms with E-state index >= 15 is 0 Å². The summed E-state index contributed by atoms with van der Waals surface area (Å²) >= 11 is 2.63. The molecule has 8 nitrogen and oxygen atoms in total. The molecule has 2 unspecified atom stereocenters. The fourth-order valence-electron chi connectivity index (χ4n) is 7.88. The molecule has 2 amide bonds. The lowest BCUT2D eigenvalue weighted by atomic mass is 9.86. The maximum absolute atomic E-state index is 14.5. The predicted octanol–water partition coefficient (Wildman–Crippen LogP) is 7.65. The Balaban J connectivity index is 0.000000156. The van der Waals surface area contributed by atoms with Crippen LogP contribution in [0.5, 0.6) is 0 Å². The number of amides is 2. The number of thioether (sulfide) groups is 2. The number of benzene rings is 4. The summed E-state index contributed by atoms with van der Waals surface area (Å²) < 4.78 is 56.3. The Morgan fingerprint density at radius 1 is 0.782 bits per heavy atom. The lowest BCUT2D eigenvalue weighted by Crippen LogP contribution is -2.51. The van der Waals surface area contributed by atoms with Crippen molar-refractivity contribution < 1.29 is 27.2 Å². The molecule has 3 heterocycles. The van der Waals surface area contributed by atoms with Crippen molar-refractivity contribution in [2.24, 2.45) is 21.9 Å². The number of aryl methyl sites for hydroxylation is 1. The van der Waals surface area contributed by atoms with Crippen LogP contribution in [-0.2, 0) is 32.3 Å². The Bertz CT molecular complexity index is 2270. The molecule has 2 aliphatic carbocycles. The van der Waals surface area contributed by atoms with Crippen LogP contribution in [0, 0.1) is 29.2 Å². The highest BCUT2D eigenvalue weighted by molar-refractivity contribution is 8.15. The zero-order chi connectivity index (χ0) is 38.6. The molecule has 0 saturated heterocycles. The van der Waals surface area contributed by atoms with E-state index in [4.69, 9.17) is 5.73 Å². The zero-order valence-electron chi connectivity index (χ0n) is 30.1. The van der Waals surface area contributed by atoms with E-state index in [0.717, 1.165) is 90.9 Å². The van der Waals surface area contributed by atoms with E-state index in [0.29, 0.717) is 23.1 Å². The molecule has 284 valence electrons. The van der Waals surface area contributed by atoms with Crippen LogP contribution in [0.15, 0.2) is 95.1 Å². The van der Waals surface area contributed by atoms with E-state index in [1.165, 1.54) is 40.5 Å². The van der Waals surface area contributed by atoms with Crippen molar-refractivity contribution in [1.29, 1.82) is 0 Å². The predicted molar refractivity (Wildman–Crippen MR) is 207 cm³/mol. The second-order valence-corrected chi connectivity index (χ2v) is 17.0. The van der Waals surface area contributed by atoms with Gasteiger partial charge in [0.25, 0.3) is 5.91 Å². The molecule has 55 heavy (non-hydrogen) atoms.